The van der Waals surface area contributed by atoms with Crippen LogP contribution in [0, 0.1) is 0 Å². The van der Waals surface area contributed by atoms with Gasteiger partial charge in [-0.2, -0.15) is 0 Å². The van der Waals surface area contributed by atoms with Crippen LogP contribution in [0.25, 0.3) is 32.8 Å². The molecule has 1 unspecified atom stereocenters. The van der Waals surface area contributed by atoms with Crippen LogP contribution in [-0.4, -0.2) is 27.6 Å². The number of fused-ring (bicyclic) bond motifs is 2. The summed E-state index contributed by atoms with van der Waals surface area (Å²) in [5.41, 5.74) is 4.34. The summed E-state index contributed by atoms with van der Waals surface area (Å²) in [7, 11) is 0. The molecule has 5 rings (SSSR count). The van der Waals surface area contributed by atoms with Crippen molar-refractivity contribution >= 4 is 27.5 Å². The average molecular weight is 503 g/mol. The number of aliphatic hydroxyl groups excluding tert-OH is 1. The van der Waals surface area contributed by atoms with Gasteiger partial charge in [-0.1, -0.05) is 84.9 Å². The zero-order chi connectivity index (χ0) is 26.7. The van der Waals surface area contributed by atoms with Crippen molar-refractivity contribution in [2.45, 2.75) is 51.7 Å². The molecule has 1 heterocycles. The number of hydrogen-bond acceptors (Lipinski definition) is 3. The van der Waals surface area contributed by atoms with Crippen molar-refractivity contribution in [3.63, 3.8) is 0 Å². The van der Waals surface area contributed by atoms with E-state index in [9.17, 15) is 9.90 Å². The van der Waals surface area contributed by atoms with E-state index in [1.165, 1.54) is 0 Å². The molecule has 0 bridgehead atoms. The molecule has 2 N–H and O–H groups in total. The van der Waals surface area contributed by atoms with Crippen LogP contribution in [0.2, 0.25) is 0 Å². The number of pyridine rings is 1. The van der Waals surface area contributed by atoms with Crippen molar-refractivity contribution in [1.29, 1.82) is 0 Å². The number of benzene rings is 4. The summed E-state index contributed by atoms with van der Waals surface area (Å²) in [6.07, 6.45) is 2.95. The number of aryl methyl sites for hydroxylation is 1. The van der Waals surface area contributed by atoms with E-state index in [4.69, 9.17) is 4.98 Å². The fourth-order valence-corrected chi connectivity index (χ4v) is 5.14. The lowest BCUT2D eigenvalue weighted by atomic mass is 9.91. The summed E-state index contributed by atoms with van der Waals surface area (Å²) >= 11 is 0. The summed E-state index contributed by atoms with van der Waals surface area (Å²) in [4.78, 5) is 18.1. The Morgan fingerprint density at radius 1 is 0.816 bits per heavy atom. The van der Waals surface area contributed by atoms with Crippen LogP contribution < -0.4 is 5.32 Å². The second kappa shape index (κ2) is 10.8. The normalized spacial score (nSPS) is 12.5. The van der Waals surface area contributed by atoms with Gasteiger partial charge in [0.1, 0.15) is 0 Å². The highest BCUT2D eigenvalue weighted by atomic mass is 16.3. The number of nitrogens with zero attached hydrogens (tertiary/aromatic N) is 1. The Bertz CT molecular complexity index is 1590. The topological polar surface area (TPSA) is 62.2 Å². The molecule has 0 radical (unpaired) electrons. The molecule has 5 aromatic rings. The summed E-state index contributed by atoms with van der Waals surface area (Å²) in [6, 6.07) is 30.5. The average Bonchev–Trinajstić information content (AvgIpc) is 2.90. The fourth-order valence-electron chi connectivity index (χ4n) is 5.14. The third-order valence-corrected chi connectivity index (χ3v) is 6.88. The number of aromatic nitrogens is 1. The van der Waals surface area contributed by atoms with E-state index in [2.05, 4.69) is 35.6 Å². The van der Waals surface area contributed by atoms with Gasteiger partial charge < -0.3 is 10.4 Å². The summed E-state index contributed by atoms with van der Waals surface area (Å²) in [5.74, 6) is -0.0776. The van der Waals surface area contributed by atoms with E-state index in [0.29, 0.717) is 24.8 Å². The van der Waals surface area contributed by atoms with Crippen LogP contribution in [0.15, 0.2) is 97.2 Å². The molecule has 0 saturated carbocycles. The Kier molecular flexibility index (Phi) is 7.26. The van der Waals surface area contributed by atoms with E-state index in [1.54, 1.807) is 0 Å². The standard InChI is InChI=1S/C34H34N2O2/c1-34(2,3)36-33(38)31-25(17-16-23-10-4-7-13-28(23)31)18-19-27(37)22-26-12-6-9-15-30(26)32-29-14-8-5-11-24(29)20-21-35-32/h4-17,20-21,27,37H,18-19,22H2,1-3H3,(H,36,38). The number of rotatable bonds is 7. The minimum absolute atomic E-state index is 0.0776. The van der Waals surface area contributed by atoms with Gasteiger partial charge in [0.05, 0.1) is 17.4 Å². The Hall–Kier alpha value is -4.02. The van der Waals surface area contributed by atoms with Gasteiger partial charge >= 0.3 is 0 Å². The van der Waals surface area contributed by atoms with Crippen molar-refractivity contribution < 1.29 is 9.90 Å². The fraction of sp³-hybridized carbons (Fsp3) is 0.235. The molecule has 192 valence electrons. The maximum absolute atomic E-state index is 13.4. The number of aliphatic hydroxyl groups is 1. The lowest BCUT2D eigenvalue weighted by Gasteiger charge is -2.23. The van der Waals surface area contributed by atoms with Gasteiger partial charge in [0.25, 0.3) is 5.91 Å². The molecule has 38 heavy (non-hydrogen) atoms. The van der Waals surface area contributed by atoms with Crippen molar-refractivity contribution in [2.24, 2.45) is 0 Å². The van der Waals surface area contributed by atoms with E-state index in [1.807, 2.05) is 87.6 Å². The van der Waals surface area contributed by atoms with Crippen molar-refractivity contribution in [1.82, 2.24) is 10.3 Å². The first-order valence-electron chi connectivity index (χ1n) is 13.2. The molecular weight excluding hydrogens is 468 g/mol. The highest BCUT2D eigenvalue weighted by molar-refractivity contribution is 6.08. The van der Waals surface area contributed by atoms with Crippen molar-refractivity contribution in [2.75, 3.05) is 0 Å². The smallest absolute Gasteiger partial charge is 0.252 e. The molecule has 0 spiro atoms. The predicted octanol–water partition coefficient (Wildman–Crippen LogP) is 7.12. The molecule has 0 fully saturated rings. The van der Waals surface area contributed by atoms with Gasteiger partial charge in [0.15, 0.2) is 0 Å². The van der Waals surface area contributed by atoms with Crippen LogP contribution in [0.1, 0.15) is 48.7 Å². The number of carbonyl (C=O) groups is 1. The number of nitrogens with one attached hydrogen (secondary N) is 1. The van der Waals surface area contributed by atoms with Crippen LogP contribution in [0.4, 0.5) is 0 Å². The summed E-state index contributed by atoms with van der Waals surface area (Å²) in [6.45, 7) is 5.96. The lowest BCUT2D eigenvalue weighted by Crippen LogP contribution is -2.41. The predicted molar refractivity (Wildman–Crippen MR) is 156 cm³/mol. The number of carbonyl (C=O) groups excluding carboxylic acids is 1. The summed E-state index contributed by atoms with van der Waals surface area (Å²) in [5, 5.41) is 18.5. The molecule has 0 aliphatic carbocycles. The third-order valence-electron chi connectivity index (χ3n) is 6.88. The molecule has 1 amide bonds. The molecule has 4 nitrogen and oxygen atoms in total. The van der Waals surface area contributed by atoms with Gasteiger partial charge in [-0.3, -0.25) is 9.78 Å². The van der Waals surface area contributed by atoms with E-state index in [0.717, 1.165) is 43.9 Å². The molecule has 0 aliphatic rings. The van der Waals surface area contributed by atoms with E-state index >= 15 is 0 Å². The second-order valence-electron chi connectivity index (χ2n) is 11.0. The van der Waals surface area contributed by atoms with Gasteiger partial charge in [0, 0.05) is 22.7 Å². The first-order valence-corrected chi connectivity index (χ1v) is 13.2. The quantitative estimate of drug-likeness (QED) is 0.249. The zero-order valence-corrected chi connectivity index (χ0v) is 22.2. The van der Waals surface area contributed by atoms with Gasteiger partial charge in [-0.15, -0.1) is 0 Å². The van der Waals surface area contributed by atoms with Crippen LogP contribution in [-0.2, 0) is 12.8 Å². The first kappa shape index (κ1) is 25.6. The lowest BCUT2D eigenvalue weighted by molar-refractivity contribution is 0.0919. The Morgan fingerprint density at radius 2 is 1.47 bits per heavy atom. The largest absolute Gasteiger partial charge is 0.393 e. The molecule has 1 atom stereocenters. The number of amides is 1. The Morgan fingerprint density at radius 3 is 2.24 bits per heavy atom. The molecule has 4 heteroatoms. The van der Waals surface area contributed by atoms with E-state index in [-0.39, 0.29) is 11.4 Å². The molecular formula is C34H34N2O2. The molecule has 0 saturated heterocycles. The molecule has 4 aromatic carbocycles. The van der Waals surface area contributed by atoms with Gasteiger partial charge in [0.2, 0.25) is 0 Å². The maximum atomic E-state index is 13.4. The van der Waals surface area contributed by atoms with Crippen LogP contribution in [0.5, 0.6) is 0 Å². The van der Waals surface area contributed by atoms with Crippen LogP contribution >= 0.6 is 0 Å². The van der Waals surface area contributed by atoms with Gasteiger partial charge in [-0.25, -0.2) is 0 Å². The minimum atomic E-state index is -0.559. The second-order valence-corrected chi connectivity index (χ2v) is 11.0. The van der Waals surface area contributed by atoms with Gasteiger partial charge in [-0.05, 0) is 73.4 Å². The monoisotopic (exact) mass is 502 g/mol. The zero-order valence-electron chi connectivity index (χ0n) is 22.2. The number of hydrogen-bond donors (Lipinski definition) is 2. The minimum Gasteiger partial charge on any atom is -0.393 e. The summed E-state index contributed by atoms with van der Waals surface area (Å²) < 4.78 is 0. The molecule has 1 aromatic heterocycles. The van der Waals surface area contributed by atoms with Crippen molar-refractivity contribution in [3.05, 3.63) is 114 Å². The van der Waals surface area contributed by atoms with Crippen LogP contribution in [0.3, 0.4) is 0 Å². The third kappa shape index (κ3) is 5.61. The maximum Gasteiger partial charge on any atom is 0.252 e. The Labute approximate surface area is 224 Å². The first-order chi connectivity index (χ1) is 18.3. The molecule has 0 aliphatic heterocycles. The SMILES string of the molecule is CC(C)(C)NC(=O)c1c(CCC(O)Cc2ccccc2-c2nccc3ccccc23)ccc2ccccc12. The van der Waals surface area contributed by atoms with E-state index < -0.39 is 6.10 Å². The highest BCUT2D eigenvalue weighted by Crippen LogP contribution is 2.30. The van der Waals surface area contributed by atoms with Crippen molar-refractivity contribution in [3.8, 4) is 11.3 Å². The highest BCUT2D eigenvalue weighted by Gasteiger charge is 2.21. The Balaban J connectivity index is 1.40.